The summed E-state index contributed by atoms with van der Waals surface area (Å²) in [5.74, 6) is -1.59. The van der Waals surface area contributed by atoms with E-state index in [1.165, 1.54) is 0 Å². The second kappa shape index (κ2) is 6.81. The van der Waals surface area contributed by atoms with Crippen molar-refractivity contribution >= 4 is 12.3 Å². The quantitative estimate of drug-likeness (QED) is 0.621. The van der Waals surface area contributed by atoms with E-state index in [0.717, 1.165) is 12.0 Å². The molecule has 1 atom stereocenters. The van der Waals surface area contributed by atoms with Crippen LogP contribution in [0.4, 0.5) is 0 Å². The Labute approximate surface area is 101 Å². The lowest BCUT2D eigenvalue weighted by atomic mass is 9.97. The van der Waals surface area contributed by atoms with Gasteiger partial charge in [-0.1, -0.05) is 38.1 Å². The average molecular weight is 238 g/mol. The van der Waals surface area contributed by atoms with E-state index >= 15 is 0 Å². The zero-order chi connectivity index (χ0) is 12.1. The van der Waals surface area contributed by atoms with Crippen LogP contribution in [0.3, 0.4) is 0 Å². The molecule has 0 fully saturated rings. The summed E-state index contributed by atoms with van der Waals surface area (Å²) in [5.41, 5.74) is 1.70. The summed E-state index contributed by atoms with van der Waals surface area (Å²) in [6.45, 7) is 4.25. The highest BCUT2D eigenvalue weighted by molar-refractivity contribution is 5.92. The van der Waals surface area contributed by atoms with Crippen LogP contribution in [0.15, 0.2) is 24.3 Å². The highest BCUT2D eigenvalue weighted by Crippen LogP contribution is 2.16. The smallest absolute Gasteiger partial charge is 0.318 e. The van der Waals surface area contributed by atoms with Crippen molar-refractivity contribution in [3.05, 3.63) is 35.4 Å². The summed E-state index contributed by atoms with van der Waals surface area (Å²) in [4.78, 5) is 21.4. The van der Waals surface area contributed by atoms with Crippen LogP contribution in [0.1, 0.15) is 30.9 Å². The van der Waals surface area contributed by atoms with Crippen molar-refractivity contribution in [3.8, 4) is 0 Å². The van der Waals surface area contributed by atoms with Crippen molar-refractivity contribution in [2.75, 3.05) is 0 Å². The minimum Gasteiger partial charge on any atom is -0.480 e. The fraction of sp³-hybridized carbons (Fsp3) is 0.385. The van der Waals surface area contributed by atoms with Crippen molar-refractivity contribution in [1.82, 2.24) is 0 Å². The van der Waals surface area contributed by atoms with Crippen LogP contribution < -0.4 is 0 Å². The van der Waals surface area contributed by atoms with Gasteiger partial charge in [0.25, 0.3) is 0 Å². The first kappa shape index (κ1) is 15.3. The summed E-state index contributed by atoms with van der Waals surface area (Å²) in [6.07, 6.45) is 1.42. The summed E-state index contributed by atoms with van der Waals surface area (Å²) in [5, 5.41) is 8.81. The lowest BCUT2D eigenvalue weighted by Crippen LogP contribution is -2.12. The molecule has 0 heterocycles. The second-order valence-electron chi connectivity index (χ2n) is 4.29. The van der Waals surface area contributed by atoms with E-state index in [4.69, 9.17) is 5.11 Å². The molecule has 0 bridgehead atoms. The Bertz CT molecular complexity index is 368. The number of carbonyl (C=O) groups excluding carboxylic acids is 1. The maximum absolute atomic E-state index is 10.8. The number of hydrogen-bond acceptors (Lipinski definition) is 2. The molecule has 1 aromatic rings. The molecular weight excluding hydrogens is 220 g/mol. The third-order valence-electron chi connectivity index (χ3n) is 2.38. The number of carbonyl (C=O) groups is 2. The molecule has 0 spiro atoms. The van der Waals surface area contributed by atoms with E-state index in [2.05, 4.69) is 13.8 Å². The second-order valence-corrected chi connectivity index (χ2v) is 4.29. The monoisotopic (exact) mass is 238 g/mol. The molecule has 3 N–H and O–H groups in total. The van der Waals surface area contributed by atoms with Crippen LogP contribution in [0.25, 0.3) is 0 Å². The largest absolute Gasteiger partial charge is 0.480 e. The van der Waals surface area contributed by atoms with E-state index < -0.39 is 11.9 Å². The molecule has 0 aliphatic heterocycles. The van der Waals surface area contributed by atoms with Gasteiger partial charge in [0.05, 0.1) is 0 Å². The van der Waals surface area contributed by atoms with E-state index in [1.54, 1.807) is 12.1 Å². The number of rotatable bonds is 5. The Morgan fingerprint density at radius 1 is 1.29 bits per heavy atom. The molecule has 0 aromatic heterocycles. The van der Waals surface area contributed by atoms with E-state index in [9.17, 15) is 9.59 Å². The molecule has 0 amide bonds. The number of benzene rings is 1. The zero-order valence-corrected chi connectivity index (χ0v) is 10.0. The van der Waals surface area contributed by atoms with Crippen LogP contribution in [-0.2, 0) is 16.0 Å². The number of carboxylic acid groups (broad SMARTS) is 1. The third-order valence-corrected chi connectivity index (χ3v) is 2.38. The first-order valence-electron chi connectivity index (χ1n) is 5.31. The normalized spacial score (nSPS) is 11.7. The molecule has 1 rings (SSSR count). The van der Waals surface area contributed by atoms with Crippen molar-refractivity contribution in [3.63, 3.8) is 0 Å². The zero-order valence-electron chi connectivity index (χ0n) is 10.0. The summed E-state index contributed by atoms with van der Waals surface area (Å²) >= 11 is 0. The van der Waals surface area contributed by atoms with Crippen molar-refractivity contribution in [1.29, 1.82) is 0 Å². The highest BCUT2D eigenvalue weighted by Gasteiger charge is 2.18. The van der Waals surface area contributed by atoms with Crippen molar-refractivity contribution in [2.24, 2.45) is 5.92 Å². The van der Waals surface area contributed by atoms with Gasteiger partial charge in [-0.2, -0.15) is 0 Å². The molecule has 0 saturated heterocycles. The maximum atomic E-state index is 10.8. The van der Waals surface area contributed by atoms with Gasteiger partial charge in [0.1, 0.15) is 12.2 Å². The minimum atomic E-state index is -1.10. The molecule has 94 valence electrons. The molecule has 4 heteroatoms. The van der Waals surface area contributed by atoms with Gasteiger partial charge in [0.2, 0.25) is 0 Å². The van der Waals surface area contributed by atoms with Crippen molar-refractivity contribution < 1.29 is 20.2 Å². The van der Waals surface area contributed by atoms with Gasteiger partial charge in [0.15, 0.2) is 0 Å². The summed E-state index contributed by atoms with van der Waals surface area (Å²) < 4.78 is 0. The average Bonchev–Trinajstić information content (AvgIpc) is 2.20. The van der Waals surface area contributed by atoms with Gasteiger partial charge in [0, 0.05) is 0 Å². The lowest BCUT2D eigenvalue weighted by Gasteiger charge is -2.08. The van der Waals surface area contributed by atoms with Gasteiger partial charge < -0.3 is 15.4 Å². The maximum Gasteiger partial charge on any atom is 0.318 e. The first-order valence-corrected chi connectivity index (χ1v) is 5.31. The molecule has 1 unspecified atom stereocenters. The minimum absolute atomic E-state index is 0. The van der Waals surface area contributed by atoms with E-state index in [-0.39, 0.29) is 5.48 Å². The Hall–Kier alpha value is -1.68. The van der Waals surface area contributed by atoms with Crippen LogP contribution in [0.5, 0.6) is 0 Å². The topological polar surface area (TPSA) is 85.9 Å². The standard InChI is InChI=1S/C13H16O3.H2O/c1-9(2)7-10-3-5-11(6-4-10)12(8-14)13(15)16;/h3-6,8-9,12H,7H2,1-2H3,(H,15,16);1H2. The number of aliphatic carboxylic acids is 1. The Morgan fingerprint density at radius 2 is 1.82 bits per heavy atom. The van der Waals surface area contributed by atoms with E-state index in [0.29, 0.717) is 17.8 Å². The number of aldehydes is 1. The van der Waals surface area contributed by atoms with Crippen molar-refractivity contribution in [2.45, 2.75) is 26.2 Å². The Balaban J connectivity index is 0.00000256. The molecule has 17 heavy (non-hydrogen) atoms. The number of carboxylic acids is 1. The summed E-state index contributed by atoms with van der Waals surface area (Å²) in [6, 6.07) is 7.19. The van der Waals surface area contributed by atoms with Crippen LogP contribution in [0, 0.1) is 5.92 Å². The Kier molecular flexibility index (Phi) is 6.13. The predicted octanol–water partition coefficient (Wildman–Crippen LogP) is 1.43. The number of hydrogen-bond donors (Lipinski definition) is 1. The van der Waals surface area contributed by atoms with E-state index in [1.807, 2.05) is 12.1 Å². The van der Waals surface area contributed by atoms with Gasteiger partial charge in [-0.05, 0) is 23.5 Å². The Morgan fingerprint density at radius 3 is 2.18 bits per heavy atom. The van der Waals surface area contributed by atoms with Gasteiger partial charge in [-0.3, -0.25) is 4.79 Å². The molecule has 4 nitrogen and oxygen atoms in total. The van der Waals surface area contributed by atoms with Gasteiger partial charge in [-0.15, -0.1) is 0 Å². The highest BCUT2D eigenvalue weighted by atomic mass is 16.4. The lowest BCUT2D eigenvalue weighted by molar-refractivity contribution is -0.140. The molecule has 0 aliphatic rings. The molecule has 0 saturated carbocycles. The fourth-order valence-electron chi connectivity index (χ4n) is 1.61. The predicted molar refractivity (Wildman–Crippen MR) is 65.0 cm³/mol. The van der Waals surface area contributed by atoms with Crippen LogP contribution in [-0.4, -0.2) is 22.8 Å². The van der Waals surface area contributed by atoms with Gasteiger partial charge in [-0.25, -0.2) is 0 Å². The summed E-state index contributed by atoms with van der Waals surface area (Å²) in [7, 11) is 0. The first-order chi connectivity index (χ1) is 7.54. The fourth-order valence-corrected chi connectivity index (χ4v) is 1.61. The molecule has 0 radical (unpaired) electrons. The molecule has 0 aliphatic carbocycles. The van der Waals surface area contributed by atoms with Gasteiger partial charge >= 0.3 is 5.97 Å². The molecule has 1 aromatic carbocycles. The van der Waals surface area contributed by atoms with Crippen LogP contribution >= 0.6 is 0 Å². The third kappa shape index (κ3) is 4.36. The molecular formula is C13H18O4. The van der Waals surface area contributed by atoms with Crippen LogP contribution in [0.2, 0.25) is 0 Å². The SMILES string of the molecule is CC(C)Cc1ccc(C(C=O)C(=O)O)cc1.O.